The van der Waals surface area contributed by atoms with Crippen LogP contribution in [0.25, 0.3) is 0 Å². The molecule has 0 aromatic heterocycles. The number of benzene rings is 1. The number of nitrogens with two attached hydrogens (primary N) is 1. The summed E-state index contributed by atoms with van der Waals surface area (Å²) in [5, 5.41) is 0. The Bertz CT molecular complexity index is 465. The highest BCUT2D eigenvalue weighted by molar-refractivity contribution is 5.31. The van der Waals surface area contributed by atoms with Crippen LogP contribution in [0.2, 0.25) is 0 Å². The SMILES string of the molecule is NCC1CCCCN1C1C2CCC1Cc1ccccc1C2. The highest BCUT2D eigenvalue weighted by Gasteiger charge is 2.44. The molecule has 3 aliphatic rings. The molecular weight excluding hydrogens is 256 g/mol. The molecule has 2 heteroatoms. The third kappa shape index (κ3) is 2.43. The zero-order chi connectivity index (χ0) is 14.2. The zero-order valence-corrected chi connectivity index (χ0v) is 13.0. The third-order valence-corrected chi connectivity index (χ3v) is 6.28. The monoisotopic (exact) mass is 284 g/mol. The molecule has 2 nitrogen and oxygen atoms in total. The molecule has 3 atom stereocenters. The quantitative estimate of drug-likeness (QED) is 0.904. The van der Waals surface area contributed by atoms with Crippen molar-refractivity contribution in [3.63, 3.8) is 0 Å². The normalized spacial score (nSPS) is 36.2. The summed E-state index contributed by atoms with van der Waals surface area (Å²) >= 11 is 0. The molecule has 2 aliphatic carbocycles. The molecule has 2 bridgehead atoms. The average molecular weight is 284 g/mol. The number of hydrogen-bond acceptors (Lipinski definition) is 2. The van der Waals surface area contributed by atoms with Gasteiger partial charge in [-0.15, -0.1) is 0 Å². The second-order valence-electron chi connectivity index (χ2n) is 7.39. The van der Waals surface area contributed by atoms with E-state index in [2.05, 4.69) is 29.2 Å². The number of rotatable bonds is 2. The smallest absolute Gasteiger partial charge is 0.0221 e. The van der Waals surface area contributed by atoms with Crippen LogP contribution in [0.1, 0.15) is 43.2 Å². The Morgan fingerprint density at radius 3 is 2.24 bits per heavy atom. The van der Waals surface area contributed by atoms with Gasteiger partial charge in [0.25, 0.3) is 0 Å². The van der Waals surface area contributed by atoms with Crippen LogP contribution in [0.4, 0.5) is 0 Å². The molecule has 1 aromatic carbocycles. The van der Waals surface area contributed by atoms with Gasteiger partial charge in [0.1, 0.15) is 0 Å². The van der Waals surface area contributed by atoms with Crippen LogP contribution in [0.3, 0.4) is 0 Å². The van der Waals surface area contributed by atoms with Crippen molar-refractivity contribution in [2.75, 3.05) is 13.1 Å². The molecule has 4 rings (SSSR count). The largest absolute Gasteiger partial charge is 0.329 e. The molecule has 2 N–H and O–H groups in total. The van der Waals surface area contributed by atoms with E-state index >= 15 is 0 Å². The Balaban J connectivity index is 1.62. The van der Waals surface area contributed by atoms with Crippen LogP contribution in [-0.2, 0) is 12.8 Å². The highest BCUT2D eigenvalue weighted by atomic mass is 15.2. The van der Waals surface area contributed by atoms with E-state index in [4.69, 9.17) is 5.73 Å². The zero-order valence-electron chi connectivity index (χ0n) is 13.0. The van der Waals surface area contributed by atoms with Crippen molar-refractivity contribution in [3.05, 3.63) is 35.4 Å². The second-order valence-corrected chi connectivity index (χ2v) is 7.39. The maximum Gasteiger partial charge on any atom is 0.0221 e. The van der Waals surface area contributed by atoms with Gasteiger partial charge in [0, 0.05) is 18.6 Å². The van der Waals surface area contributed by atoms with E-state index in [1.54, 1.807) is 11.1 Å². The summed E-state index contributed by atoms with van der Waals surface area (Å²) in [6.07, 6.45) is 9.52. The molecular formula is C19H28N2. The summed E-state index contributed by atoms with van der Waals surface area (Å²) in [5.41, 5.74) is 9.34. The van der Waals surface area contributed by atoms with Crippen LogP contribution in [0, 0.1) is 11.8 Å². The van der Waals surface area contributed by atoms with E-state index in [0.29, 0.717) is 6.04 Å². The maximum absolute atomic E-state index is 6.09. The summed E-state index contributed by atoms with van der Waals surface area (Å²) in [6.45, 7) is 2.14. The minimum atomic E-state index is 0.646. The van der Waals surface area contributed by atoms with Crippen LogP contribution in [0.5, 0.6) is 0 Å². The van der Waals surface area contributed by atoms with Gasteiger partial charge >= 0.3 is 0 Å². The summed E-state index contributed by atoms with van der Waals surface area (Å²) in [4.78, 5) is 2.83. The van der Waals surface area contributed by atoms with Crippen molar-refractivity contribution in [2.45, 2.75) is 57.0 Å². The topological polar surface area (TPSA) is 29.3 Å². The molecule has 21 heavy (non-hydrogen) atoms. The number of nitrogens with zero attached hydrogens (tertiary/aromatic N) is 1. The van der Waals surface area contributed by atoms with E-state index in [-0.39, 0.29) is 0 Å². The first-order valence-electron chi connectivity index (χ1n) is 8.89. The van der Waals surface area contributed by atoms with E-state index in [1.165, 1.54) is 51.5 Å². The van der Waals surface area contributed by atoms with Gasteiger partial charge in [0.15, 0.2) is 0 Å². The minimum Gasteiger partial charge on any atom is -0.329 e. The summed E-state index contributed by atoms with van der Waals surface area (Å²) in [7, 11) is 0. The lowest BCUT2D eigenvalue weighted by Gasteiger charge is -2.43. The van der Waals surface area contributed by atoms with Crippen molar-refractivity contribution in [3.8, 4) is 0 Å². The Kier molecular flexibility index (Phi) is 3.76. The molecule has 0 amide bonds. The van der Waals surface area contributed by atoms with Gasteiger partial charge in [-0.3, -0.25) is 4.90 Å². The van der Waals surface area contributed by atoms with E-state index in [1.807, 2.05) is 0 Å². The van der Waals surface area contributed by atoms with Crippen LogP contribution >= 0.6 is 0 Å². The van der Waals surface area contributed by atoms with Gasteiger partial charge in [0.2, 0.25) is 0 Å². The lowest BCUT2D eigenvalue weighted by atomic mass is 9.89. The van der Waals surface area contributed by atoms with E-state index in [9.17, 15) is 0 Å². The highest BCUT2D eigenvalue weighted by Crippen LogP contribution is 2.44. The van der Waals surface area contributed by atoms with E-state index in [0.717, 1.165) is 24.4 Å². The minimum absolute atomic E-state index is 0.646. The van der Waals surface area contributed by atoms with Crippen molar-refractivity contribution in [2.24, 2.45) is 17.6 Å². The molecule has 1 aliphatic heterocycles. The van der Waals surface area contributed by atoms with Gasteiger partial charge in [-0.05, 0) is 68.0 Å². The molecule has 0 spiro atoms. The van der Waals surface area contributed by atoms with Crippen LogP contribution < -0.4 is 5.73 Å². The van der Waals surface area contributed by atoms with Crippen LogP contribution in [0.15, 0.2) is 24.3 Å². The lowest BCUT2D eigenvalue weighted by molar-refractivity contribution is 0.0556. The molecule has 1 saturated heterocycles. The molecule has 2 fully saturated rings. The molecule has 3 unspecified atom stereocenters. The van der Waals surface area contributed by atoms with Gasteiger partial charge < -0.3 is 5.73 Å². The molecule has 1 aromatic rings. The maximum atomic E-state index is 6.09. The van der Waals surface area contributed by atoms with Gasteiger partial charge in [-0.25, -0.2) is 0 Å². The predicted octanol–water partition coefficient (Wildman–Crippen LogP) is 2.99. The lowest BCUT2D eigenvalue weighted by Crippen LogP contribution is -2.53. The van der Waals surface area contributed by atoms with Gasteiger partial charge in [-0.1, -0.05) is 30.7 Å². The van der Waals surface area contributed by atoms with Crippen molar-refractivity contribution in [1.29, 1.82) is 0 Å². The summed E-state index contributed by atoms with van der Waals surface area (Å²) in [5.74, 6) is 1.73. The van der Waals surface area contributed by atoms with Crippen molar-refractivity contribution < 1.29 is 0 Å². The van der Waals surface area contributed by atoms with Gasteiger partial charge in [0.05, 0.1) is 0 Å². The number of fused-ring (bicyclic) bond motifs is 3. The standard InChI is InChI=1S/C19H28N2/c20-13-18-7-3-4-10-21(18)19-16-8-9-17(19)12-15-6-2-1-5-14(15)11-16/h1-2,5-6,16-19H,3-4,7-13,20H2. The van der Waals surface area contributed by atoms with Crippen molar-refractivity contribution in [1.82, 2.24) is 4.90 Å². The number of piperidine rings is 1. The first kappa shape index (κ1) is 13.8. The number of hydrogen-bond donors (Lipinski definition) is 1. The third-order valence-electron chi connectivity index (χ3n) is 6.28. The Morgan fingerprint density at radius 2 is 1.62 bits per heavy atom. The average Bonchev–Trinajstić information content (AvgIpc) is 2.82. The Hall–Kier alpha value is -0.860. The van der Waals surface area contributed by atoms with Crippen molar-refractivity contribution >= 4 is 0 Å². The Labute approximate surface area is 128 Å². The summed E-state index contributed by atoms with van der Waals surface area (Å²) in [6, 6.07) is 10.6. The first-order chi connectivity index (χ1) is 10.4. The fourth-order valence-electron chi connectivity index (χ4n) is 5.33. The molecule has 114 valence electrons. The van der Waals surface area contributed by atoms with E-state index < -0.39 is 0 Å². The fraction of sp³-hybridized carbons (Fsp3) is 0.684. The summed E-state index contributed by atoms with van der Waals surface area (Å²) < 4.78 is 0. The molecule has 1 saturated carbocycles. The second kappa shape index (κ2) is 5.73. The van der Waals surface area contributed by atoms with Gasteiger partial charge in [-0.2, -0.15) is 0 Å². The fourth-order valence-corrected chi connectivity index (χ4v) is 5.33. The predicted molar refractivity (Wildman–Crippen MR) is 87.3 cm³/mol. The number of likely N-dealkylation sites (tertiary alicyclic amines) is 1. The molecule has 0 radical (unpaired) electrons. The molecule has 1 heterocycles. The first-order valence-corrected chi connectivity index (χ1v) is 8.89. The van der Waals surface area contributed by atoms with Crippen LogP contribution in [-0.4, -0.2) is 30.1 Å². The Morgan fingerprint density at radius 1 is 0.952 bits per heavy atom.